The summed E-state index contributed by atoms with van der Waals surface area (Å²) in [5.74, 6) is 0.935. The quantitative estimate of drug-likeness (QED) is 0.678. The van der Waals surface area contributed by atoms with Crippen LogP contribution in [-0.4, -0.2) is 49.8 Å². The molecule has 2 aromatic carbocycles. The molecule has 1 aliphatic heterocycles. The zero-order chi connectivity index (χ0) is 20.2. The number of nitrogens with one attached hydrogen (secondary N) is 1. The Labute approximate surface area is 171 Å². The fraction of sp³-hybridized carbons (Fsp3) is 0.238. The van der Waals surface area contributed by atoms with Crippen LogP contribution in [0.25, 0.3) is 10.9 Å². The van der Waals surface area contributed by atoms with Gasteiger partial charge in [0.05, 0.1) is 17.4 Å². The summed E-state index contributed by atoms with van der Waals surface area (Å²) in [6.45, 7) is 1.12. The fourth-order valence-electron chi connectivity index (χ4n) is 3.26. The number of aromatic amines is 1. The fourth-order valence-corrected chi connectivity index (χ4v) is 4.08. The Hall–Kier alpha value is -3.13. The van der Waals surface area contributed by atoms with Gasteiger partial charge in [0.1, 0.15) is 12.4 Å². The van der Waals surface area contributed by atoms with E-state index in [2.05, 4.69) is 9.97 Å². The SMILES string of the molecule is O=C(CN1CCSC1=O)N(Cc1ccccc1)Cc1nc2ccccc2c(=O)[nH]1. The lowest BCUT2D eigenvalue weighted by Gasteiger charge is -2.25. The first-order chi connectivity index (χ1) is 14.1. The topological polar surface area (TPSA) is 86.4 Å². The summed E-state index contributed by atoms with van der Waals surface area (Å²) in [5, 5.41) is 0.437. The number of amides is 2. The monoisotopic (exact) mass is 408 g/mol. The minimum atomic E-state index is -0.233. The lowest BCUT2D eigenvalue weighted by Crippen LogP contribution is -2.40. The van der Waals surface area contributed by atoms with Crippen molar-refractivity contribution in [3.05, 3.63) is 76.3 Å². The molecule has 0 radical (unpaired) electrons. The van der Waals surface area contributed by atoms with Gasteiger partial charge in [-0.1, -0.05) is 54.2 Å². The van der Waals surface area contributed by atoms with Crippen molar-refractivity contribution in [2.24, 2.45) is 0 Å². The minimum absolute atomic E-state index is 0.0243. The van der Waals surface area contributed by atoms with Crippen LogP contribution in [0.4, 0.5) is 4.79 Å². The molecule has 0 unspecified atom stereocenters. The molecule has 0 bridgehead atoms. The summed E-state index contributed by atoms with van der Waals surface area (Å²) in [7, 11) is 0. The lowest BCUT2D eigenvalue weighted by atomic mass is 10.2. The molecule has 148 valence electrons. The summed E-state index contributed by atoms with van der Waals surface area (Å²) < 4.78 is 0. The molecule has 1 fully saturated rings. The average molecular weight is 408 g/mol. The van der Waals surface area contributed by atoms with Gasteiger partial charge in [-0.05, 0) is 17.7 Å². The van der Waals surface area contributed by atoms with E-state index in [1.165, 1.54) is 11.8 Å². The Morgan fingerprint density at radius 2 is 1.83 bits per heavy atom. The second-order valence-electron chi connectivity index (χ2n) is 6.80. The van der Waals surface area contributed by atoms with Gasteiger partial charge in [-0.25, -0.2) is 4.98 Å². The third kappa shape index (κ3) is 4.48. The zero-order valence-electron chi connectivity index (χ0n) is 15.7. The van der Waals surface area contributed by atoms with Crippen molar-refractivity contribution in [1.82, 2.24) is 19.8 Å². The number of carbonyl (C=O) groups excluding carboxylic acids is 2. The van der Waals surface area contributed by atoms with Crippen LogP contribution in [0.2, 0.25) is 0 Å². The number of rotatable bonds is 6. The van der Waals surface area contributed by atoms with E-state index >= 15 is 0 Å². The van der Waals surface area contributed by atoms with Crippen molar-refractivity contribution in [3.8, 4) is 0 Å². The number of hydrogen-bond acceptors (Lipinski definition) is 5. The molecule has 0 saturated carbocycles. The second-order valence-corrected chi connectivity index (χ2v) is 7.85. The van der Waals surface area contributed by atoms with E-state index in [4.69, 9.17) is 0 Å². The van der Waals surface area contributed by atoms with Gasteiger partial charge < -0.3 is 14.8 Å². The normalized spacial score (nSPS) is 13.8. The Bertz CT molecular complexity index is 1100. The molecule has 4 rings (SSSR count). The summed E-state index contributed by atoms with van der Waals surface area (Å²) >= 11 is 1.23. The van der Waals surface area contributed by atoms with E-state index in [9.17, 15) is 14.4 Å². The molecule has 0 spiro atoms. The Morgan fingerprint density at radius 3 is 2.59 bits per heavy atom. The molecule has 2 amide bonds. The molecular weight excluding hydrogens is 388 g/mol. The van der Waals surface area contributed by atoms with Crippen molar-refractivity contribution in [2.45, 2.75) is 13.1 Å². The summed E-state index contributed by atoms with van der Waals surface area (Å²) in [5.41, 5.74) is 1.32. The Morgan fingerprint density at radius 1 is 1.07 bits per heavy atom. The van der Waals surface area contributed by atoms with Gasteiger partial charge in [-0.15, -0.1) is 0 Å². The maximum Gasteiger partial charge on any atom is 0.282 e. The molecule has 1 aromatic heterocycles. The van der Waals surface area contributed by atoms with E-state index in [0.29, 0.717) is 35.6 Å². The number of hydrogen-bond donors (Lipinski definition) is 1. The van der Waals surface area contributed by atoms with Gasteiger partial charge in [-0.2, -0.15) is 0 Å². The van der Waals surface area contributed by atoms with Gasteiger partial charge in [0, 0.05) is 18.8 Å². The van der Waals surface area contributed by atoms with Crippen LogP contribution < -0.4 is 5.56 Å². The highest BCUT2D eigenvalue weighted by Crippen LogP contribution is 2.18. The molecule has 3 aromatic rings. The summed E-state index contributed by atoms with van der Waals surface area (Å²) in [6.07, 6.45) is 0. The number of nitrogens with zero attached hydrogens (tertiary/aromatic N) is 3. The number of thioether (sulfide) groups is 1. The van der Waals surface area contributed by atoms with E-state index in [-0.39, 0.29) is 29.8 Å². The van der Waals surface area contributed by atoms with Crippen LogP contribution in [0, 0.1) is 0 Å². The van der Waals surface area contributed by atoms with E-state index in [1.54, 1.807) is 28.0 Å². The molecule has 8 heteroatoms. The first kappa shape index (κ1) is 19.2. The van der Waals surface area contributed by atoms with Crippen molar-refractivity contribution < 1.29 is 9.59 Å². The summed E-state index contributed by atoms with van der Waals surface area (Å²) in [4.78, 5) is 47.8. The van der Waals surface area contributed by atoms with Gasteiger partial charge in [-0.3, -0.25) is 14.4 Å². The van der Waals surface area contributed by atoms with Crippen LogP contribution >= 0.6 is 11.8 Å². The van der Waals surface area contributed by atoms with Crippen LogP contribution in [0.1, 0.15) is 11.4 Å². The predicted octanol–water partition coefficient (Wildman–Crippen LogP) is 2.62. The third-order valence-electron chi connectivity index (χ3n) is 4.74. The highest BCUT2D eigenvalue weighted by Gasteiger charge is 2.26. The number of H-pyrrole nitrogens is 1. The highest BCUT2D eigenvalue weighted by molar-refractivity contribution is 8.13. The first-order valence-electron chi connectivity index (χ1n) is 9.31. The number of carbonyl (C=O) groups is 2. The van der Waals surface area contributed by atoms with E-state index in [0.717, 1.165) is 5.56 Å². The first-order valence-corrected chi connectivity index (χ1v) is 10.3. The molecular formula is C21H20N4O3S. The number of benzene rings is 2. The average Bonchev–Trinajstić information content (AvgIpc) is 3.13. The molecule has 7 nitrogen and oxygen atoms in total. The third-order valence-corrected chi connectivity index (χ3v) is 5.63. The van der Waals surface area contributed by atoms with Crippen molar-refractivity contribution in [2.75, 3.05) is 18.8 Å². The Kier molecular flexibility index (Phi) is 5.62. The van der Waals surface area contributed by atoms with Gasteiger partial charge in [0.15, 0.2) is 0 Å². The van der Waals surface area contributed by atoms with Crippen molar-refractivity contribution >= 4 is 33.8 Å². The van der Waals surface area contributed by atoms with Gasteiger partial charge in [0.2, 0.25) is 5.91 Å². The van der Waals surface area contributed by atoms with Crippen LogP contribution in [0.5, 0.6) is 0 Å². The molecule has 1 aliphatic rings. The predicted molar refractivity (Wildman–Crippen MR) is 112 cm³/mol. The molecule has 0 aliphatic carbocycles. The van der Waals surface area contributed by atoms with Crippen molar-refractivity contribution in [1.29, 1.82) is 0 Å². The highest BCUT2D eigenvalue weighted by atomic mass is 32.2. The molecule has 2 heterocycles. The maximum atomic E-state index is 13.0. The largest absolute Gasteiger partial charge is 0.329 e. The smallest absolute Gasteiger partial charge is 0.282 e. The van der Waals surface area contributed by atoms with E-state index in [1.807, 2.05) is 36.4 Å². The Balaban J connectivity index is 1.60. The standard InChI is InChI=1S/C21H20N4O3S/c26-19(14-24-10-11-29-21(24)28)25(12-15-6-2-1-3-7-15)13-18-22-17-9-5-4-8-16(17)20(27)23-18/h1-9H,10-14H2,(H,22,23,27). The number of fused-ring (bicyclic) bond motifs is 1. The molecule has 1 saturated heterocycles. The minimum Gasteiger partial charge on any atom is -0.329 e. The van der Waals surface area contributed by atoms with Crippen molar-refractivity contribution in [3.63, 3.8) is 0 Å². The number of para-hydroxylation sites is 1. The number of aromatic nitrogens is 2. The van der Waals surface area contributed by atoms with Crippen LogP contribution in [0.3, 0.4) is 0 Å². The summed E-state index contributed by atoms with van der Waals surface area (Å²) in [6, 6.07) is 16.7. The molecule has 0 atom stereocenters. The second kappa shape index (κ2) is 8.48. The maximum absolute atomic E-state index is 13.0. The van der Waals surface area contributed by atoms with Crippen LogP contribution in [0.15, 0.2) is 59.4 Å². The molecule has 1 N–H and O–H groups in total. The van der Waals surface area contributed by atoms with Gasteiger partial charge in [0.25, 0.3) is 10.8 Å². The van der Waals surface area contributed by atoms with Gasteiger partial charge >= 0.3 is 0 Å². The lowest BCUT2D eigenvalue weighted by molar-refractivity contribution is -0.133. The zero-order valence-corrected chi connectivity index (χ0v) is 16.5. The van der Waals surface area contributed by atoms with E-state index < -0.39 is 0 Å². The van der Waals surface area contributed by atoms with Crippen LogP contribution in [-0.2, 0) is 17.9 Å². The molecule has 29 heavy (non-hydrogen) atoms.